The Morgan fingerprint density at radius 1 is 1.16 bits per heavy atom. The molecule has 43 heavy (non-hydrogen) atoms. The standard InChI is InChI=1S/C32H29F3N4O4/c1-2-21-23(34)5-4-18-12-20(41)13-22(26(18)21)29-28(35)30-27-24(38(8-10-40)9-11-42-31(27)37-29)14-25(36-30)43-17-32-6-3-7-39(32)16-19(33)15-32/h1,4-5,12-14,19,40-41H,3,6-11,15-17H2/t19-,32+/m1/s1. The Labute approximate surface area is 245 Å². The van der Waals surface area contributed by atoms with Crippen LogP contribution in [0.15, 0.2) is 30.3 Å². The third-order valence-electron chi connectivity index (χ3n) is 8.83. The van der Waals surface area contributed by atoms with Crippen molar-refractivity contribution in [1.82, 2.24) is 14.9 Å². The number of hydrogen-bond acceptors (Lipinski definition) is 8. The molecule has 2 N–H and O–H groups in total. The average molecular weight is 591 g/mol. The molecule has 2 saturated heterocycles. The summed E-state index contributed by atoms with van der Waals surface area (Å²) in [5, 5.41) is 21.2. The van der Waals surface area contributed by atoms with Crippen molar-refractivity contribution in [1.29, 1.82) is 0 Å². The van der Waals surface area contributed by atoms with Crippen molar-refractivity contribution < 1.29 is 32.9 Å². The molecule has 2 aromatic carbocycles. The number of terminal acetylenes is 1. The quantitative estimate of drug-likeness (QED) is 0.316. The molecule has 0 radical (unpaired) electrons. The van der Waals surface area contributed by atoms with Gasteiger partial charge in [0.05, 0.1) is 35.3 Å². The summed E-state index contributed by atoms with van der Waals surface area (Å²) in [7, 11) is 0. The Bertz CT molecular complexity index is 1810. The maximum atomic E-state index is 16.7. The molecule has 11 heteroatoms. The first-order chi connectivity index (χ1) is 20.8. The van der Waals surface area contributed by atoms with Crippen molar-refractivity contribution in [2.24, 2.45) is 0 Å². The van der Waals surface area contributed by atoms with E-state index in [1.165, 1.54) is 24.3 Å². The van der Waals surface area contributed by atoms with Crippen molar-refractivity contribution in [2.75, 3.05) is 50.9 Å². The molecular weight excluding hydrogens is 561 g/mol. The fourth-order valence-corrected chi connectivity index (χ4v) is 6.94. The zero-order valence-corrected chi connectivity index (χ0v) is 23.2. The highest BCUT2D eigenvalue weighted by molar-refractivity contribution is 6.04. The summed E-state index contributed by atoms with van der Waals surface area (Å²) in [5.74, 6) is 0.865. The van der Waals surface area contributed by atoms with Gasteiger partial charge in [-0.3, -0.25) is 4.90 Å². The molecule has 2 fully saturated rings. The summed E-state index contributed by atoms with van der Waals surface area (Å²) >= 11 is 0. The molecule has 2 aromatic heterocycles. The van der Waals surface area contributed by atoms with Crippen LogP contribution in [0.4, 0.5) is 18.9 Å². The predicted octanol–water partition coefficient (Wildman–Crippen LogP) is 4.56. The van der Waals surface area contributed by atoms with Gasteiger partial charge in [0, 0.05) is 36.5 Å². The van der Waals surface area contributed by atoms with Crippen LogP contribution in [0.25, 0.3) is 32.9 Å². The summed E-state index contributed by atoms with van der Waals surface area (Å²) in [6.07, 6.45) is 6.83. The lowest BCUT2D eigenvalue weighted by atomic mass is 9.95. The smallest absolute Gasteiger partial charge is 0.225 e. The first-order valence-electron chi connectivity index (χ1n) is 14.3. The van der Waals surface area contributed by atoms with Crippen LogP contribution in [0.3, 0.4) is 0 Å². The third kappa shape index (κ3) is 4.48. The molecule has 8 nitrogen and oxygen atoms in total. The first-order valence-corrected chi connectivity index (χ1v) is 14.3. The van der Waals surface area contributed by atoms with E-state index in [-0.39, 0.29) is 77.0 Å². The van der Waals surface area contributed by atoms with Crippen LogP contribution in [0.2, 0.25) is 0 Å². The molecular formula is C32H29F3N4O4. The number of nitrogens with zero attached hydrogens (tertiary/aromatic N) is 4. The molecule has 0 unspecified atom stereocenters. The van der Waals surface area contributed by atoms with Gasteiger partial charge in [0.1, 0.15) is 42.2 Å². The van der Waals surface area contributed by atoms with E-state index in [1.807, 2.05) is 4.90 Å². The monoisotopic (exact) mass is 590 g/mol. The van der Waals surface area contributed by atoms with E-state index in [4.69, 9.17) is 15.9 Å². The molecule has 0 amide bonds. The predicted molar refractivity (Wildman–Crippen MR) is 155 cm³/mol. The lowest BCUT2D eigenvalue weighted by Gasteiger charge is -2.31. The average Bonchev–Trinajstić information content (AvgIpc) is 3.45. The number of pyridine rings is 2. The van der Waals surface area contributed by atoms with E-state index in [0.717, 1.165) is 19.4 Å². The van der Waals surface area contributed by atoms with Gasteiger partial charge in [-0.05, 0) is 43.0 Å². The number of aromatic nitrogens is 2. The number of ether oxygens (including phenoxy) is 2. The second-order valence-corrected chi connectivity index (χ2v) is 11.4. The van der Waals surface area contributed by atoms with Crippen LogP contribution < -0.4 is 14.4 Å². The zero-order valence-electron chi connectivity index (χ0n) is 23.2. The summed E-state index contributed by atoms with van der Waals surface area (Å²) in [6, 6.07) is 7.00. The number of rotatable bonds is 6. The molecule has 0 bridgehead atoms. The Kier molecular flexibility index (Phi) is 6.71. The summed E-state index contributed by atoms with van der Waals surface area (Å²) < 4.78 is 58.1. The molecule has 3 aliphatic heterocycles. The number of phenols is 1. The van der Waals surface area contributed by atoms with Gasteiger partial charge in [0.2, 0.25) is 11.8 Å². The van der Waals surface area contributed by atoms with Crippen LogP contribution in [-0.4, -0.2) is 82.8 Å². The maximum Gasteiger partial charge on any atom is 0.225 e. The normalized spacial score (nSPS) is 21.6. The molecule has 4 aromatic rings. The second kappa shape index (κ2) is 10.5. The van der Waals surface area contributed by atoms with E-state index >= 15 is 4.39 Å². The van der Waals surface area contributed by atoms with Gasteiger partial charge in [0.25, 0.3) is 0 Å². The highest BCUT2D eigenvalue weighted by Crippen LogP contribution is 2.44. The van der Waals surface area contributed by atoms with Crippen LogP contribution in [0.1, 0.15) is 24.8 Å². The number of fused-ring (bicyclic) bond motifs is 2. The molecule has 7 rings (SSSR count). The second-order valence-electron chi connectivity index (χ2n) is 11.4. The number of halogens is 3. The fourth-order valence-electron chi connectivity index (χ4n) is 6.94. The van der Waals surface area contributed by atoms with Gasteiger partial charge >= 0.3 is 0 Å². The highest BCUT2D eigenvalue weighted by atomic mass is 19.1. The van der Waals surface area contributed by atoms with E-state index < -0.39 is 23.3 Å². The molecule has 5 heterocycles. The van der Waals surface area contributed by atoms with Crippen molar-refractivity contribution in [3.63, 3.8) is 0 Å². The Balaban J connectivity index is 1.43. The molecule has 2 atom stereocenters. The van der Waals surface area contributed by atoms with Crippen LogP contribution in [-0.2, 0) is 0 Å². The number of anilines is 1. The van der Waals surface area contributed by atoms with Crippen LogP contribution >= 0.6 is 0 Å². The Hall–Kier alpha value is -4.27. The molecule has 0 spiro atoms. The Morgan fingerprint density at radius 2 is 2.02 bits per heavy atom. The Morgan fingerprint density at radius 3 is 2.84 bits per heavy atom. The number of alkyl halides is 1. The fraction of sp³-hybridized carbons (Fsp3) is 0.375. The number of aromatic hydroxyl groups is 1. The number of phenolic OH excluding ortho intramolecular Hbond substituents is 1. The van der Waals surface area contributed by atoms with Gasteiger partial charge in [-0.1, -0.05) is 12.0 Å². The largest absolute Gasteiger partial charge is 0.508 e. The minimum absolute atomic E-state index is 0.0771. The number of aliphatic hydroxyl groups is 1. The molecule has 3 aliphatic rings. The van der Waals surface area contributed by atoms with Crippen molar-refractivity contribution in [2.45, 2.75) is 31.0 Å². The SMILES string of the molecule is C#Cc1c(F)ccc2cc(O)cc(-c3nc4c5c(cc(OC[C@@]67CCCN6C[C@H](F)C7)nc5c3F)N(CCO)CCO4)c12. The summed E-state index contributed by atoms with van der Waals surface area (Å²) in [4.78, 5) is 13.0. The minimum Gasteiger partial charge on any atom is -0.508 e. The highest BCUT2D eigenvalue weighted by Gasteiger charge is 2.49. The summed E-state index contributed by atoms with van der Waals surface area (Å²) in [6.45, 7) is 1.99. The maximum absolute atomic E-state index is 16.7. The number of benzene rings is 2. The first kappa shape index (κ1) is 27.6. The lowest BCUT2D eigenvalue weighted by Crippen LogP contribution is -2.43. The lowest BCUT2D eigenvalue weighted by molar-refractivity contribution is 0.111. The zero-order chi connectivity index (χ0) is 29.9. The van der Waals surface area contributed by atoms with E-state index in [9.17, 15) is 19.0 Å². The van der Waals surface area contributed by atoms with Crippen molar-refractivity contribution >= 4 is 27.4 Å². The van der Waals surface area contributed by atoms with E-state index in [2.05, 4.69) is 20.8 Å². The number of β-amino-alcohol motifs (C(OH)–C–C–N with tert-alkyl or cyclic N) is 1. The van der Waals surface area contributed by atoms with Gasteiger partial charge in [-0.2, -0.15) is 0 Å². The van der Waals surface area contributed by atoms with Crippen molar-refractivity contribution in [3.05, 3.63) is 47.5 Å². The van der Waals surface area contributed by atoms with E-state index in [0.29, 0.717) is 30.6 Å². The number of hydrogen-bond donors (Lipinski definition) is 2. The van der Waals surface area contributed by atoms with E-state index in [1.54, 1.807) is 6.07 Å². The molecule has 0 saturated carbocycles. The van der Waals surface area contributed by atoms with Crippen molar-refractivity contribution in [3.8, 4) is 41.1 Å². The van der Waals surface area contributed by atoms with Crippen LogP contribution in [0.5, 0.6) is 17.5 Å². The van der Waals surface area contributed by atoms with Crippen LogP contribution in [0, 0.1) is 24.0 Å². The minimum atomic E-state index is -0.932. The van der Waals surface area contributed by atoms with Gasteiger partial charge in [-0.15, -0.1) is 6.42 Å². The summed E-state index contributed by atoms with van der Waals surface area (Å²) in [5.41, 5.74) is -0.277. The molecule has 0 aliphatic carbocycles. The third-order valence-corrected chi connectivity index (χ3v) is 8.83. The topological polar surface area (TPSA) is 91.2 Å². The van der Waals surface area contributed by atoms with Gasteiger partial charge in [-0.25, -0.2) is 23.1 Å². The molecule has 222 valence electrons. The number of aliphatic hydroxyl groups excluding tert-OH is 1. The van der Waals surface area contributed by atoms with Gasteiger partial charge < -0.3 is 24.6 Å². The van der Waals surface area contributed by atoms with Gasteiger partial charge in [0.15, 0.2) is 5.82 Å².